The molecule has 13 heteroatoms. The molecular formula is C44H49N5O7Si. The van der Waals surface area contributed by atoms with E-state index in [0.717, 1.165) is 16.7 Å². The summed E-state index contributed by atoms with van der Waals surface area (Å²) in [6.45, 7) is 10.7. The van der Waals surface area contributed by atoms with E-state index in [1.165, 1.54) is 6.33 Å². The van der Waals surface area contributed by atoms with Crippen molar-refractivity contribution in [3.05, 3.63) is 144 Å². The van der Waals surface area contributed by atoms with Crippen LogP contribution in [-0.2, 0) is 19.5 Å². The zero-order valence-electron chi connectivity index (χ0n) is 33.2. The van der Waals surface area contributed by atoms with Gasteiger partial charge in [0.1, 0.15) is 41.7 Å². The highest BCUT2D eigenvalue weighted by atomic mass is 28.4. The first-order chi connectivity index (χ1) is 27.4. The first-order valence-electron chi connectivity index (χ1n) is 18.9. The summed E-state index contributed by atoms with van der Waals surface area (Å²) in [6, 6.07) is 34.4. The first-order valence-corrected chi connectivity index (χ1v) is 21.8. The molecule has 0 unspecified atom stereocenters. The minimum Gasteiger partial charge on any atom is -0.497 e. The fourth-order valence-corrected chi connectivity index (χ4v) is 8.19. The SMILES string of the molecule is COc1ccc(C(OC[C@H]2O[C@@H](n3cnc4c(NC(=O)c5ccccc5)ncnc43)[C@H](O[Si](C)(C)C(C)(C)C)[C@H]2O)(c2ccccc2)c2ccc(OC)cc2)cc1. The van der Waals surface area contributed by atoms with Gasteiger partial charge in [0.15, 0.2) is 31.5 Å². The fraction of sp³-hybridized carbons (Fsp3) is 0.318. The molecule has 1 fully saturated rings. The van der Waals surface area contributed by atoms with Gasteiger partial charge in [-0.05, 0) is 71.2 Å². The van der Waals surface area contributed by atoms with E-state index in [2.05, 4.69) is 54.1 Å². The molecule has 0 radical (unpaired) electrons. The second-order valence-corrected chi connectivity index (χ2v) is 20.3. The van der Waals surface area contributed by atoms with E-state index < -0.39 is 38.5 Å². The third kappa shape index (κ3) is 7.81. The average molecular weight is 788 g/mol. The Morgan fingerprint density at radius 1 is 0.807 bits per heavy atom. The third-order valence-electron chi connectivity index (χ3n) is 11.1. The number of imidazole rings is 1. The average Bonchev–Trinajstić information content (AvgIpc) is 3.79. The number of hydrogen-bond donors (Lipinski definition) is 2. The minimum atomic E-state index is -2.50. The first kappa shape index (κ1) is 39.8. The summed E-state index contributed by atoms with van der Waals surface area (Å²) in [7, 11) is 0.769. The Kier molecular flexibility index (Phi) is 11.3. The Labute approximate surface area is 333 Å². The number of ether oxygens (including phenoxy) is 4. The molecule has 1 saturated heterocycles. The number of aliphatic hydroxyl groups excluding tert-OH is 1. The summed E-state index contributed by atoms with van der Waals surface area (Å²) in [6.07, 6.45) is -0.671. The minimum absolute atomic E-state index is 0.0258. The van der Waals surface area contributed by atoms with Crippen molar-refractivity contribution >= 4 is 31.2 Å². The topological polar surface area (TPSA) is 139 Å². The Morgan fingerprint density at radius 2 is 1.37 bits per heavy atom. The summed E-state index contributed by atoms with van der Waals surface area (Å²) < 4.78 is 33.8. The highest BCUT2D eigenvalue weighted by Crippen LogP contribution is 2.45. The highest BCUT2D eigenvalue weighted by molar-refractivity contribution is 6.74. The predicted octanol–water partition coefficient (Wildman–Crippen LogP) is 7.75. The number of nitrogens with one attached hydrogen (secondary N) is 1. The van der Waals surface area contributed by atoms with Gasteiger partial charge in [-0.2, -0.15) is 0 Å². The van der Waals surface area contributed by atoms with Gasteiger partial charge in [0.2, 0.25) is 0 Å². The van der Waals surface area contributed by atoms with E-state index in [1.54, 1.807) is 49.4 Å². The maximum atomic E-state index is 13.1. The quantitative estimate of drug-likeness (QED) is 0.0883. The van der Waals surface area contributed by atoms with E-state index in [9.17, 15) is 9.90 Å². The van der Waals surface area contributed by atoms with Gasteiger partial charge >= 0.3 is 0 Å². The number of rotatable bonds is 13. The van der Waals surface area contributed by atoms with Crippen molar-refractivity contribution < 1.29 is 33.3 Å². The molecule has 0 aliphatic carbocycles. The van der Waals surface area contributed by atoms with Crippen LogP contribution in [0.15, 0.2) is 122 Å². The van der Waals surface area contributed by atoms with E-state index in [0.29, 0.717) is 28.2 Å². The van der Waals surface area contributed by atoms with Gasteiger partial charge in [-0.15, -0.1) is 0 Å². The molecule has 1 aliphatic rings. The number of carbonyl (C=O) groups excluding carboxylic acids is 1. The second-order valence-electron chi connectivity index (χ2n) is 15.6. The van der Waals surface area contributed by atoms with Gasteiger partial charge in [0.25, 0.3) is 5.91 Å². The molecule has 0 bridgehead atoms. The zero-order chi connectivity index (χ0) is 40.4. The van der Waals surface area contributed by atoms with Crippen LogP contribution in [0, 0.1) is 0 Å². The molecule has 1 aliphatic heterocycles. The summed E-state index contributed by atoms with van der Waals surface area (Å²) in [5.74, 6) is 1.33. The van der Waals surface area contributed by atoms with Gasteiger partial charge in [0.05, 0.1) is 27.2 Å². The van der Waals surface area contributed by atoms with E-state index in [1.807, 2.05) is 84.9 Å². The predicted molar refractivity (Wildman–Crippen MR) is 220 cm³/mol. The number of methoxy groups -OCH3 is 2. The molecule has 2 N–H and O–H groups in total. The van der Waals surface area contributed by atoms with E-state index in [-0.39, 0.29) is 23.4 Å². The lowest BCUT2D eigenvalue weighted by molar-refractivity contribution is -0.0940. The highest BCUT2D eigenvalue weighted by Gasteiger charge is 2.52. The summed E-state index contributed by atoms with van der Waals surface area (Å²) in [5.41, 5.74) is 2.69. The van der Waals surface area contributed by atoms with Gasteiger partial charge in [0, 0.05) is 5.56 Å². The number of fused-ring (bicyclic) bond motifs is 1. The van der Waals surface area contributed by atoms with Crippen molar-refractivity contribution in [2.24, 2.45) is 0 Å². The molecule has 7 rings (SSSR count). The van der Waals surface area contributed by atoms with Crippen molar-refractivity contribution in [3.8, 4) is 11.5 Å². The summed E-state index contributed by atoms with van der Waals surface area (Å²) in [4.78, 5) is 26.7. The Morgan fingerprint density at radius 3 is 1.93 bits per heavy atom. The number of nitrogens with zero attached hydrogens (tertiary/aromatic N) is 4. The van der Waals surface area contributed by atoms with Crippen LogP contribution < -0.4 is 14.8 Å². The lowest BCUT2D eigenvalue weighted by Gasteiger charge is -2.40. The summed E-state index contributed by atoms with van der Waals surface area (Å²) in [5, 5.41) is 15.0. The monoisotopic (exact) mass is 787 g/mol. The van der Waals surface area contributed by atoms with Crippen molar-refractivity contribution in [2.75, 3.05) is 26.1 Å². The van der Waals surface area contributed by atoms with Crippen molar-refractivity contribution in [1.82, 2.24) is 19.5 Å². The largest absolute Gasteiger partial charge is 0.497 e. The molecule has 4 aromatic carbocycles. The molecule has 57 heavy (non-hydrogen) atoms. The molecular weight excluding hydrogens is 739 g/mol. The van der Waals surface area contributed by atoms with Crippen LogP contribution in [0.4, 0.5) is 5.82 Å². The van der Waals surface area contributed by atoms with Crippen LogP contribution in [0.3, 0.4) is 0 Å². The molecule has 0 spiro atoms. The number of benzene rings is 4. The lowest BCUT2D eigenvalue weighted by Crippen LogP contribution is -2.49. The third-order valence-corrected chi connectivity index (χ3v) is 15.6. The normalized spacial score (nSPS) is 18.7. The molecule has 1 amide bonds. The van der Waals surface area contributed by atoms with E-state index >= 15 is 0 Å². The van der Waals surface area contributed by atoms with Crippen molar-refractivity contribution in [3.63, 3.8) is 0 Å². The summed E-state index contributed by atoms with van der Waals surface area (Å²) >= 11 is 0. The van der Waals surface area contributed by atoms with Crippen LogP contribution in [0.2, 0.25) is 18.1 Å². The van der Waals surface area contributed by atoms with Crippen molar-refractivity contribution in [1.29, 1.82) is 0 Å². The van der Waals surface area contributed by atoms with Gasteiger partial charge in [-0.25, -0.2) is 15.0 Å². The van der Waals surface area contributed by atoms with Gasteiger partial charge < -0.3 is 33.8 Å². The molecule has 4 atom stereocenters. The standard InChI is InChI=1S/C44H49N5O7Si/c1-43(2,3)57(6,7)56-38-37(50)35(55-42(38)49-28-47-36-39(45-27-46-40(36)49)48-41(51)29-14-10-8-11-15-29)26-54-44(30-16-12-9-13-17-30,31-18-22-33(52-4)23-19-31)32-20-24-34(53-5)25-21-32/h8-25,27-28,35,37-38,42,50H,26H2,1-7H3,(H,45,46,48,51)/t35-,37+,38-,42-/m1/s1. The smallest absolute Gasteiger partial charge is 0.256 e. The number of amides is 1. The van der Waals surface area contributed by atoms with Crippen LogP contribution in [0.25, 0.3) is 11.2 Å². The number of aliphatic hydroxyl groups is 1. The second kappa shape index (κ2) is 16.2. The number of carbonyl (C=O) groups is 1. The van der Waals surface area contributed by atoms with Crippen LogP contribution in [-0.4, -0.2) is 78.0 Å². The molecule has 3 heterocycles. The molecule has 2 aromatic heterocycles. The Hall–Kier alpha value is -5.44. The van der Waals surface area contributed by atoms with Gasteiger partial charge in [-0.3, -0.25) is 9.36 Å². The zero-order valence-corrected chi connectivity index (χ0v) is 34.2. The number of hydrogen-bond acceptors (Lipinski definition) is 10. The lowest BCUT2D eigenvalue weighted by atomic mass is 9.80. The molecule has 0 saturated carbocycles. The van der Waals surface area contributed by atoms with E-state index in [4.69, 9.17) is 23.4 Å². The number of aromatic nitrogens is 4. The van der Waals surface area contributed by atoms with Crippen LogP contribution in [0.5, 0.6) is 11.5 Å². The van der Waals surface area contributed by atoms with Gasteiger partial charge in [-0.1, -0.05) is 93.6 Å². The maximum Gasteiger partial charge on any atom is 0.256 e. The Balaban J connectivity index is 1.28. The fourth-order valence-electron chi connectivity index (χ4n) is 6.90. The van der Waals surface area contributed by atoms with Crippen LogP contribution >= 0.6 is 0 Å². The van der Waals surface area contributed by atoms with Crippen LogP contribution in [0.1, 0.15) is 54.0 Å². The molecule has 12 nitrogen and oxygen atoms in total. The Bertz CT molecular complexity index is 2230. The molecule has 6 aromatic rings. The van der Waals surface area contributed by atoms with Crippen molar-refractivity contribution in [2.45, 2.75) is 69.0 Å². The number of anilines is 1. The molecule has 296 valence electrons. The maximum absolute atomic E-state index is 13.1.